The quantitative estimate of drug-likeness (QED) is 0.656. The number of thioether (sulfide) groups is 1. The minimum absolute atomic E-state index is 0.0126. The van der Waals surface area contributed by atoms with Crippen LogP contribution >= 0.6 is 11.8 Å². The number of fused-ring (bicyclic) bond motifs is 1. The first-order chi connectivity index (χ1) is 13.2. The van der Waals surface area contributed by atoms with Gasteiger partial charge in [0.2, 0.25) is 11.1 Å². The van der Waals surface area contributed by atoms with Crippen molar-refractivity contribution < 1.29 is 4.79 Å². The van der Waals surface area contributed by atoms with E-state index < -0.39 is 0 Å². The molecule has 0 radical (unpaired) electrons. The van der Waals surface area contributed by atoms with E-state index in [9.17, 15) is 4.79 Å². The summed E-state index contributed by atoms with van der Waals surface area (Å²) in [6.07, 6.45) is 4.67. The molecule has 1 N–H and O–H groups in total. The van der Waals surface area contributed by atoms with Crippen molar-refractivity contribution in [3.8, 4) is 0 Å². The summed E-state index contributed by atoms with van der Waals surface area (Å²) in [6, 6.07) is 14.7. The van der Waals surface area contributed by atoms with E-state index in [-0.39, 0.29) is 11.9 Å². The Kier molecular flexibility index (Phi) is 5.38. The van der Waals surface area contributed by atoms with Crippen LogP contribution in [0.3, 0.4) is 0 Å². The molecule has 27 heavy (non-hydrogen) atoms. The number of carbonyl (C=O) groups excluding carboxylic acids is 1. The monoisotopic (exact) mass is 381 g/mol. The third kappa shape index (κ3) is 3.98. The standard InChI is InChI=1S/C20H23N5OS/c1-14(17-12-6-8-15-7-2-5-11-18(15)17)21-19(26)13-27-20-22-23-24-25(20)16-9-3-4-10-16/h2,5-8,11-12,14,16H,3-4,9-10,13H2,1H3,(H,21,26)/t14-/m1/s1. The fourth-order valence-electron chi connectivity index (χ4n) is 3.78. The molecule has 0 bridgehead atoms. The van der Waals surface area contributed by atoms with E-state index in [1.807, 2.05) is 29.8 Å². The van der Waals surface area contributed by atoms with Gasteiger partial charge in [0.1, 0.15) is 0 Å². The second kappa shape index (κ2) is 8.08. The third-order valence-corrected chi connectivity index (χ3v) is 6.07. The maximum atomic E-state index is 12.5. The van der Waals surface area contributed by atoms with E-state index in [0.717, 1.165) is 23.6 Å². The zero-order chi connectivity index (χ0) is 18.6. The van der Waals surface area contributed by atoms with Gasteiger partial charge in [-0.1, -0.05) is 67.1 Å². The minimum Gasteiger partial charge on any atom is -0.349 e. The number of benzene rings is 2. The number of tetrazole rings is 1. The number of hydrogen-bond acceptors (Lipinski definition) is 5. The molecule has 140 valence electrons. The van der Waals surface area contributed by atoms with Crippen molar-refractivity contribution in [2.75, 3.05) is 5.75 Å². The molecule has 3 aromatic rings. The van der Waals surface area contributed by atoms with Gasteiger partial charge in [-0.15, -0.1) is 5.10 Å². The molecule has 4 rings (SSSR count). The van der Waals surface area contributed by atoms with Crippen LogP contribution in [0.15, 0.2) is 47.6 Å². The Morgan fingerprint density at radius 1 is 1.22 bits per heavy atom. The third-order valence-electron chi connectivity index (χ3n) is 5.13. The molecule has 1 amide bonds. The Morgan fingerprint density at radius 2 is 2.00 bits per heavy atom. The Bertz CT molecular complexity index is 930. The van der Waals surface area contributed by atoms with Gasteiger partial charge in [0.05, 0.1) is 17.8 Å². The summed E-state index contributed by atoms with van der Waals surface area (Å²) in [4.78, 5) is 12.5. The molecule has 2 aromatic carbocycles. The predicted octanol–water partition coefficient (Wildman–Crippen LogP) is 3.91. The molecule has 1 aromatic heterocycles. The van der Waals surface area contributed by atoms with Crippen molar-refractivity contribution in [2.24, 2.45) is 0 Å². The van der Waals surface area contributed by atoms with Gasteiger partial charge in [-0.05, 0) is 46.5 Å². The number of amides is 1. The van der Waals surface area contributed by atoms with Crippen LogP contribution in [0.4, 0.5) is 0 Å². The zero-order valence-corrected chi connectivity index (χ0v) is 16.2. The van der Waals surface area contributed by atoms with Crippen molar-refractivity contribution in [1.82, 2.24) is 25.5 Å². The molecule has 7 heteroatoms. The summed E-state index contributed by atoms with van der Waals surface area (Å²) in [5.41, 5.74) is 1.13. The number of carbonyl (C=O) groups is 1. The Balaban J connectivity index is 1.39. The van der Waals surface area contributed by atoms with Crippen LogP contribution in [0, 0.1) is 0 Å². The highest BCUT2D eigenvalue weighted by Crippen LogP contribution is 2.31. The van der Waals surface area contributed by atoms with Crippen molar-refractivity contribution in [1.29, 1.82) is 0 Å². The van der Waals surface area contributed by atoms with E-state index >= 15 is 0 Å². The Hall–Kier alpha value is -2.41. The van der Waals surface area contributed by atoms with E-state index in [1.165, 1.54) is 35.4 Å². The molecular weight excluding hydrogens is 358 g/mol. The van der Waals surface area contributed by atoms with Crippen LogP contribution < -0.4 is 5.32 Å². The van der Waals surface area contributed by atoms with Crippen LogP contribution in [0.2, 0.25) is 0 Å². The van der Waals surface area contributed by atoms with Crippen LogP contribution in [-0.2, 0) is 4.79 Å². The van der Waals surface area contributed by atoms with Gasteiger partial charge in [-0.2, -0.15) is 0 Å². The first kappa shape index (κ1) is 18.0. The lowest BCUT2D eigenvalue weighted by molar-refractivity contribution is -0.119. The molecule has 1 heterocycles. The summed E-state index contributed by atoms with van der Waals surface area (Å²) in [5, 5.41) is 18.2. The van der Waals surface area contributed by atoms with Crippen LogP contribution in [0.5, 0.6) is 0 Å². The number of nitrogens with one attached hydrogen (secondary N) is 1. The second-order valence-corrected chi connectivity index (χ2v) is 7.93. The topological polar surface area (TPSA) is 72.7 Å². The molecule has 1 saturated carbocycles. The van der Waals surface area contributed by atoms with Gasteiger partial charge < -0.3 is 5.32 Å². The number of rotatable bonds is 6. The molecule has 1 aliphatic rings. The lowest BCUT2D eigenvalue weighted by atomic mass is 10.00. The van der Waals surface area contributed by atoms with Crippen LogP contribution in [-0.4, -0.2) is 31.9 Å². The number of nitrogens with zero attached hydrogens (tertiary/aromatic N) is 4. The number of aromatic nitrogens is 4. The van der Waals surface area contributed by atoms with Gasteiger partial charge in [0.15, 0.2) is 0 Å². The van der Waals surface area contributed by atoms with Crippen molar-refractivity contribution >= 4 is 28.4 Å². The molecule has 0 saturated heterocycles. The fourth-order valence-corrected chi connectivity index (χ4v) is 4.53. The summed E-state index contributed by atoms with van der Waals surface area (Å²) in [7, 11) is 0. The largest absolute Gasteiger partial charge is 0.349 e. The summed E-state index contributed by atoms with van der Waals surface area (Å²) in [6.45, 7) is 2.02. The summed E-state index contributed by atoms with van der Waals surface area (Å²) >= 11 is 1.40. The smallest absolute Gasteiger partial charge is 0.230 e. The van der Waals surface area contributed by atoms with Crippen molar-refractivity contribution in [2.45, 2.75) is 49.8 Å². The summed E-state index contributed by atoms with van der Waals surface area (Å²) in [5.74, 6) is 0.295. The lowest BCUT2D eigenvalue weighted by Gasteiger charge is -2.17. The molecule has 0 spiro atoms. The highest BCUT2D eigenvalue weighted by molar-refractivity contribution is 7.99. The first-order valence-electron chi connectivity index (χ1n) is 9.40. The zero-order valence-electron chi connectivity index (χ0n) is 15.3. The van der Waals surface area contributed by atoms with E-state index in [4.69, 9.17) is 0 Å². The fraction of sp³-hybridized carbons (Fsp3) is 0.400. The van der Waals surface area contributed by atoms with E-state index in [2.05, 4.69) is 45.1 Å². The highest BCUT2D eigenvalue weighted by atomic mass is 32.2. The van der Waals surface area contributed by atoms with Gasteiger partial charge in [0.25, 0.3) is 0 Å². The Morgan fingerprint density at radius 3 is 2.85 bits per heavy atom. The second-order valence-electron chi connectivity index (χ2n) is 6.99. The molecule has 1 atom stereocenters. The Labute approximate surface area is 162 Å². The van der Waals surface area contributed by atoms with Crippen LogP contribution in [0.1, 0.15) is 50.3 Å². The van der Waals surface area contributed by atoms with Crippen molar-refractivity contribution in [3.05, 3.63) is 48.0 Å². The average molecular weight is 382 g/mol. The maximum Gasteiger partial charge on any atom is 0.230 e. The van der Waals surface area contributed by atoms with E-state index in [0.29, 0.717) is 11.8 Å². The normalized spacial score (nSPS) is 15.9. The van der Waals surface area contributed by atoms with Gasteiger partial charge >= 0.3 is 0 Å². The molecular formula is C20H23N5OS. The first-order valence-corrected chi connectivity index (χ1v) is 10.4. The van der Waals surface area contributed by atoms with Gasteiger partial charge in [-0.25, -0.2) is 4.68 Å². The number of hydrogen-bond donors (Lipinski definition) is 1. The lowest BCUT2D eigenvalue weighted by Crippen LogP contribution is -2.28. The maximum absolute atomic E-state index is 12.5. The molecule has 1 aliphatic carbocycles. The molecule has 0 aliphatic heterocycles. The van der Waals surface area contributed by atoms with Crippen LogP contribution in [0.25, 0.3) is 10.8 Å². The molecule has 0 unspecified atom stereocenters. The summed E-state index contributed by atoms with van der Waals surface area (Å²) < 4.78 is 1.89. The molecule has 1 fully saturated rings. The van der Waals surface area contributed by atoms with Crippen molar-refractivity contribution in [3.63, 3.8) is 0 Å². The minimum atomic E-state index is -0.0602. The highest BCUT2D eigenvalue weighted by Gasteiger charge is 2.22. The van der Waals surface area contributed by atoms with Gasteiger partial charge in [0, 0.05) is 0 Å². The molecule has 6 nitrogen and oxygen atoms in total. The average Bonchev–Trinajstić information content (AvgIpc) is 3.37. The predicted molar refractivity (Wildman–Crippen MR) is 107 cm³/mol. The van der Waals surface area contributed by atoms with Gasteiger partial charge in [-0.3, -0.25) is 4.79 Å². The SMILES string of the molecule is C[C@@H](NC(=O)CSc1nnnn1C1CCCC1)c1cccc2ccccc12. The van der Waals surface area contributed by atoms with E-state index in [1.54, 1.807) is 0 Å².